The highest BCUT2D eigenvalue weighted by Crippen LogP contribution is 2.24. The molecule has 56 heavy (non-hydrogen) atoms. The molecule has 1 fully saturated rings. The number of hydrogen-bond acceptors (Lipinski definition) is 11. The predicted octanol–water partition coefficient (Wildman–Crippen LogP) is 8.67. The molecule has 0 spiro atoms. The molecule has 1 aliphatic heterocycles. The van der Waals surface area contributed by atoms with Gasteiger partial charge in [0, 0.05) is 12.8 Å². The van der Waals surface area contributed by atoms with E-state index in [-0.39, 0.29) is 19.4 Å². The highest BCUT2D eigenvalue weighted by atomic mass is 32.2. The molecule has 6 atom stereocenters. The van der Waals surface area contributed by atoms with Gasteiger partial charge in [0.05, 0.1) is 6.61 Å². The van der Waals surface area contributed by atoms with E-state index in [9.17, 15) is 37.9 Å². The summed E-state index contributed by atoms with van der Waals surface area (Å²) in [5, 5.41) is 30.8. The second-order valence-corrected chi connectivity index (χ2v) is 17.2. The number of ether oxygens (including phenoxy) is 4. The number of unbranched alkanes of at least 4 members (excludes halogenated alkanes) is 23. The second kappa shape index (κ2) is 34.3. The largest absolute Gasteiger partial charge is 0.462 e. The van der Waals surface area contributed by atoms with Crippen LogP contribution in [0.2, 0.25) is 0 Å². The molecular weight excluding hydrogens is 741 g/mol. The number of carbonyl (C=O) groups excluding carboxylic acids is 2. The van der Waals surface area contributed by atoms with Crippen LogP contribution in [0.1, 0.15) is 194 Å². The minimum Gasteiger partial charge on any atom is -0.462 e. The van der Waals surface area contributed by atoms with Crippen LogP contribution >= 0.6 is 0 Å². The summed E-state index contributed by atoms with van der Waals surface area (Å²) in [7, 11) is -4.60. The van der Waals surface area contributed by atoms with E-state index in [2.05, 4.69) is 26.0 Å². The van der Waals surface area contributed by atoms with E-state index in [0.29, 0.717) is 12.8 Å². The molecule has 0 aromatic carbocycles. The average Bonchev–Trinajstić information content (AvgIpc) is 3.16. The summed E-state index contributed by atoms with van der Waals surface area (Å²) in [6.07, 6.45) is 25.4. The van der Waals surface area contributed by atoms with Crippen molar-refractivity contribution in [2.75, 3.05) is 19.0 Å². The summed E-state index contributed by atoms with van der Waals surface area (Å²) in [5.74, 6) is -1.98. The average molecular weight is 821 g/mol. The highest BCUT2D eigenvalue weighted by molar-refractivity contribution is 7.85. The molecule has 0 aromatic heterocycles. The number of carbonyl (C=O) groups is 2. The molecule has 12 nitrogen and oxygen atoms in total. The third-order valence-corrected chi connectivity index (χ3v) is 11.1. The fourth-order valence-electron chi connectivity index (χ4n) is 6.85. The van der Waals surface area contributed by atoms with Gasteiger partial charge < -0.3 is 34.3 Å². The van der Waals surface area contributed by atoms with Crippen molar-refractivity contribution in [3.05, 3.63) is 12.2 Å². The van der Waals surface area contributed by atoms with Gasteiger partial charge in [-0.1, -0.05) is 154 Å². The number of aliphatic hydroxyl groups excluding tert-OH is 3. The lowest BCUT2D eigenvalue weighted by Gasteiger charge is -2.40. The number of esters is 2. The Labute approximate surface area is 339 Å². The number of aliphatic hydroxyl groups is 3. The predicted molar refractivity (Wildman–Crippen MR) is 220 cm³/mol. The molecule has 2 unspecified atom stereocenters. The van der Waals surface area contributed by atoms with Crippen LogP contribution in [0.5, 0.6) is 0 Å². The van der Waals surface area contributed by atoms with Gasteiger partial charge >= 0.3 is 11.9 Å². The minimum absolute atomic E-state index is 0.166. The SMILES string of the molecule is CCCCCC/C=C/CCCCCCCCCCCC(=O)O[C@H](COC(=O)CCCCCCCCCCCCC)CO[C@H]1O[C@H](CS(=O)(=O)O)[C@@H](O)C(O)C1O. The molecule has 1 rings (SSSR count). The summed E-state index contributed by atoms with van der Waals surface area (Å²) in [6.45, 7) is 3.74. The van der Waals surface area contributed by atoms with Gasteiger partial charge in [0.25, 0.3) is 10.1 Å². The van der Waals surface area contributed by atoms with Crippen LogP contribution in [0.15, 0.2) is 12.2 Å². The first-order chi connectivity index (χ1) is 27.0. The Hall–Kier alpha value is -1.61. The summed E-state index contributed by atoms with van der Waals surface area (Å²) in [6, 6.07) is 0. The second-order valence-electron chi connectivity index (χ2n) is 15.7. The first-order valence-corrected chi connectivity index (χ1v) is 23.9. The number of hydrogen-bond donors (Lipinski definition) is 4. The molecule has 0 aromatic rings. The Morgan fingerprint density at radius 2 is 1.02 bits per heavy atom. The van der Waals surface area contributed by atoms with Crippen LogP contribution in [0.25, 0.3) is 0 Å². The smallest absolute Gasteiger partial charge is 0.306 e. The van der Waals surface area contributed by atoms with Gasteiger partial charge in [0.2, 0.25) is 0 Å². The molecule has 0 bridgehead atoms. The van der Waals surface area contributed by atoms with E-state index in [1.165, 1.54) is 116 Å². The molecule has 13 heteroatoms. The van der Waals surface area contributed by atoms with Crippen molar-refractivity contribution in [1.82, 2.24) is 0 Å². The summed E-state index contributed by atoms with van der Waals surface area (Å²) in [5.41, 5.74) is 0. The lowest BCUT2D eigenvalue weighted by molar-refractivity contribution is -0.297. The summed E-state index contributed by atoms with van der Waals surface area (Å²) < 4.78 is 54.0. The fourth-order valence-corrected chi connectivity index (χ4v) is 7.54. The van der Waals surface area contributed by atoms with E-state index >= 15 is 0 Å². The maximum Gasteiger partial charge on any atom is 0.306 e. The zero-order chi connectivity index (χ0) is 41.3. The van der Waals surface area contributed by atoms with Crippen molar-refractivity contribution >= 4 is 22.1 Å². The van der Waals surface area contributed by atoms with Crippen molar-refractivity contribution in [1.29, 1.82) is 0 Å². The van der Waals surface area contributed by atoms with Crippen LogP contribution in [0.4, 0.5) is 0 Å². The first kappa shape index (κ1) is 52.4. The molecule has 0 aliphatic carbocycles. The van der Waals surface area contributed by atoms with Gasteiger partial charge in [-0.2, -0.15) is 8.42 Å². The maximum atomic E-state index is 12.8. The van der Waals surface area contributed by atoms with Crippen molar-refractivity contribution in [2.24, 2.45) is 0 Å². The van der Waals surface area contributed by atoms with Crippen LogP contribution in [0.3, 0.4) is 0 Å². The van der Waals surface area contributed by atoms with E-state index in [1.54, 1.807) is 0 Å². The van der Waals surface area contributed by atoms with Crippen LogP contribution < -0.4 is 0 Å². The third-order valence-electron chi connectivity index (χ3n) is 10.3. The number of rotatable bonds is 37. The molecule has 0 amide bonds. The van der Waals surface area contributed by atoms with Gasteiger partial charge in [0.15, 0.2) is 12.4 Å². The van der Waals surface area contributed by atoms with Crippen molar-refractivity contribution < 1.29 is 56.8 Å². The Morgan fingerprint density at radius 1 is 0.589 bits per heavy atom. The highest BCUT2D eigenvalue weighted by Gasteiger charge is 2.46. The van der Waals surface area contributed by atoms with Crippen LogP contribution in [0, 0.1) is 0 Å². The van der Waals surface area contributed by atoms with Crippen molar-refractivity contribution in [3.63, 3.8) is 0 Å². The fraction of sp³-hybridized carbons (Fsp3) is 0.907. The molecule has 1 heterocycles. The molecule has 1 aliphatic rings. The number of allylic oxidation sites excluding steroid dienone is 2. The molecular formula is C43H80O12S. The Morgan fingerprint density at radius 3 is 1.50 bits per heavy atom. The van der Waals surface area contributed by atoms with Crippen LogP contribution in [-0.2, 0) is 38.7 Å². The molecule has 1 saturated heterocycles. The van der Waals surface area contributed by atoms with Crippen molar-refractivity contribution in [2.45, 2.75) is 230 Å². The van der Waals surface area contributed by atoms with Crippen LogP contribution in [-0.4, -0.2) is 96.0 Å². The summed E-state index contributed by atoms with van der Waals surface area (Å²) >= 11 is 0. The molecule has 0 saturated carbocycles. The topological polar surface area (TPSA) is 186 Å². The minimum atomic E-state index is -4.60. The third kappa shape index (κ3) is 28.7. The van der Waals surface area contributed by atoms with Gasteiger partial charge in [-0.05, 0) is 38.5 Å². The van der Waals surface area contributed by atoms with Gasteiger partial charge in [-0.25, -0.2) is 0 Å². The molecule has 0 radical (unpaired) electrons. The first-order valence-electron chi connectivity index (χ1n) is 22.2. The van der Waals surface area contributed by atoms with E-state index < -0.39 is 71.2 Å². The summed E-state index contributed by atoms with van der Waals surface area (Å²) in [4.78, 5) is 25.3. The van der Waals surface area contributed by atoms with E-state index in [0.717, 1.165) is 38.5 Å². The van der Waals surface area contributed by atoms with Gasteiger partial charge in [-0.3, -0.25) is 14.1 Å². The lowest BCUT2D eigenvalue weighted by Crippen LogP contribution is -2.60. The lowest BCUT2D eigenvalue weighted by atomic mass is 10.00. The van der Waals surface area contributed by atoms with Crippen molar-refractivity contribution in [3.8, 4) is 0 Å². The van der Waals surface area contributed by atoms with E-state index in [1.807, 2.05) is 0 Å². The Kier molecular flexibility index (Phi) is 32.1. The Bertz CT molecular complexity index is 1100. The van der Waals surface area contributed by atoms with Gasteiger partial charge in [-0.15, -0.1) is 0 Å². The zero-order valence-corrected chi connectivity index (χ0v) is 35.8. The molecule has 330 valence electrons. The monoisotopic (exact) mass is 821 g/mol. The molecule has 4 N–H and O–H groups in total. The zero-order valence-electron chi connectivity index (χ0n) is 35.0. The maximum absolute atomic E-state index is 12.8. The van der Waals surface area contributed by atoms with Gasteiger partial charge in [0.1, 0.15) is 36.8 Å². The normalized spacial score (nSPS) is 20.7. The Balaban J connectivity index is 2.44. The standard InChI is InChI=1S/C43H80O12S/c1-3-5-7-9-11-13-15-16-17-18-19-20-22-24-26-28-30-32-39(45)54-36(33-52-38(44)31-29-27-25-23-21-14-12-10-8-6-4-2)34-53-43-42(48)41(47)40(46)37(55-43)35-56(49,50)51/h13,15,36-37,40-43,46-48H,3-12,14,16-35H2,1-2H3,(H,49,50,51)/b15-13+/t36-,37-,40-,41?,42?,43+/m1/s1. The van der Waals surface area contributed by atoms with E-state index in [4.69, 9.17) is 18.9 Å². The quantitative estimate of drug-likeness (QED) is 0.0203.